The summed E-state index contributed by atoms with van der Waals surface area (Å²) in [6, 6.07) is 0.508. The molecule has 2 N–H and O–H groups in total. The molecule has 1 aromatic rings. The van der Waals surface area contributed by atoms with Crippen LogP contribution in [-0.4, -0.2) is 56.1 Å². The van der Waals surface area contributed by atoms with Crippen molar-refractivity contribution < 1.29 is 9.90 Å². The molecule has 1 aromatic heterocycles. The number of aromatic amines is 1. The van der Waals surface area contributed by atoms with E-state index in [2.05, 4.69) is 36.0 Å². The van der Waals surface area contributed by atoms with Crippen molar-refractivity contribution in [2.45, 2.75) is 44.4 Å². The third kappa shape index (κ3) is 5.38. The monoisotopic (exact) mass is 302 g/mol. The molecule has 0 atom stereocenters. The molecule has 0 aliphatic heterocycles. The first-order valence-corrected chi connectivity index (χ1v) is 7.60. The summed E-state index contributed by atoms with van der Waals surface area (Å²) in [7, 11) is 2.07. The Morgan fingerprint density at radius 2 is 2.20 bits per heavy atom. The van der Waals surface area contributed by atoms with Gasteiger partial charge >= 0.3 is 11.7 Å². The highest BCUT2D eigenvalue weighted by molar-refractivity contribution is 7.99. The van der Waals surface area contributed by atoms with Crippen LogP contribution in [0.3, 0.4) is 0 Å². The standard InChI is InChI=1S/C12H22N4O3S/c1-9(2)15(3)6-4-5-7-16-11(19)13-14-12(16)20-8-10(17)18/h9H,4-8H2,1-3H3,(H,13,19)(H,17,18). The molecule has 114 valence electrons. The zero-order valence-electron chi connectivity index (χ0n) is 12.1. The number of aromatic nitrogens is 3. The third-order valence-corrected chi connectivity index (χ3v) is 4.03. The highest BCUT2D eigenvalue weighted by atomic mass is 32.2. The number of hydrogen-bond donors (Lipinski definition) is 2. The second-order valence-electron chi connectivity index (χ2n) is 4.93. The number of nitrogens with zero attached hydrogens (tertiary/aromatic N) is 3. The second kappa shape index (κ2) is 8.11. The van der Waals surface area contributed by atoms with Gasteiger partial charge in [0.25, 0.3) is 0 Å². The molecule has 1 rings (SSSR count). The van der Waals surface area contributed by atoms with Crippen molar-refractivity contribution >= 4 is 17.7 Å². The molecule has 0 saturated carbocycles. The SMILES string of the molecule is CC(C)N(C)CCCCn1c(SCC(=O)O)n[nH]c1=O. The Labute approximate surface area is 122 Å². The number of carboxylic acids is 1. The zero-order chi connectivity index (χ0) is 15.1. The summed E-state index contributed by atoms with van der Waals surface area (Å²) in [6.45, 7) is 5.81. The molecule has 20 heavy (non-hydrogen) atoms. The van der Waals surface area contributed by atoms with Gasteiger partial charge in [-0.3, -0.25) is 9.36 Å². The van der Waals surface area contributed by atoms with Crippen LogP contribution >= 0.6 is 11.8 Å². The topological polar surface area (TPSA) is 91.2 Å². The molecule has 0 bridgehead atoms. The quantitative estimate of drug-likeness (QED) is 0.519. The first-order chi connectivity index (χ1) is 9.41. The summed E-state index contributed by atoms with van der Waals surface area (Å²) >= 11 is 1.06. The first-order valence-electron chi connectivity index (χ1n) is 6.62. The van der Waals surface area contributed by atoms with Gasteiger partial charge in [0.2, 0.25) is 0 Å². The molecular weight excluding hydrogens is 280 g/mol. The minimum Gasteiger partial charge on any atom is -0.481 e. The summed E-state index contributed by atoms with van der Waals surface area (Å²) in [6.07, 6.45) is 1.84. The summed E-state index contributed by atoms with van der Waals surface area (Å²) in [5, 5.41) is 15.3. The number of carboxylic acid groups (broad SMARTS) is 1. The highest BCUT2D eigenvalue weighted by Crippen LogP contribution is 2.13. The lowest BCUT2D eigenvalue weighted by atomic mass is 10.2. The summed E-state index contributed by atoms with van der Waals surface area (Å²) in [4.78, 5) is 24.4. The minimum atomic E-state index is -0.921. The lowest BCUT2D eigenvalue weighted by molar-refractivity contribution is -0.133. The fraction of sp³-hybridized carbons (Fsp3) is 0.750. The van der Waals surface area contributed by atoms with Gasteiger partial charge in [-0.1, -0.05) is 11.8 Å². The van der Waals surface area contributed by atoms with Crippen molar-refractivity contribution in [1.82, 2.24) is 19.7 Å². The van der Waals surface area contributed by atoms with Crippen LogP contribution in [0.1, 0.15) is 26.7 Å². The molecule has 1 heterocycles. The maximum Gasteiger partial charge on any atom is 0.343 e. The molecule has 0 fully saturated rings. The maximum absolute atomic E-state index is 11.6. The van der Waals surface area contributed by atoms with Gasteiger partial charge in [0.05, 0.1) is 5.75 Å². The van der Waals surface area contributed by atoms with Crippen molar-refractivity contribution in [3.8, 4) is 0 Å². The van der Waals surface area contributed by atoms with E-state index < -0.39 is 5.97 Å². The molecule has 0 radical (unpaired) electrons. The number of thioether (sulfide) groups is 1. The molecular formula is C12H22N4O3S. The third-order valence-electron chi connectivity index (χ3n) is 3.07. The number of aliphatic carboxylic acids is 1. The van der Waals surface area contributed by atoms with Gasteiger partial charge in [-0.2, -0.15) is 0 Å². The molecule has 0 aliphatic carbocycles. The molecule has 8 heteroatoms. The van der Waals surface area contributed by atoms with Crippen LogP contribution in [0.4, 0.5) is 0 Å². The van der Waals surface area contributed by atoms with E-state index >= 15 is 0 Å². The average molecular weight is 302 g/mol. The van der Waals surface area contributed by atoms with Gasteiger partial charge in [-0.25, -0.2) is 9.89 Å². The Bertz CT molecular complexity index is 483. The Balaban J connectivity index is 2.45. The number of carbonyl (C=O) groups is 1. The van der Waals surface area contributed by atoms with E-state index in [1.165, 1.54) is 4.57 Å². The van der Waals surface area contributed by atoms with Gasteiger partial charge < -0.3 is 10.0 Å². The van der Waals surface area contributed by atoms with Crippen LogP contribution in [0.5, 0.6) is 0 Å². The van der Waals surface area contributed by atoms with E-state index in [1.807, 2.05) is 0 Å². The van der Waals surface area contributed by atoms with E-state index in [0.29, 0.717) is 17.7 Å². The van der Waals surface area contributed by atoms with Gasteiger partial charge in [-0.05, 0) is 40.3 Å². The Hall–Kier alpha value is -1.28. The second-order valence-corrected chi connectivity index (χ2v) is 5.87. The van der Waals surface area contributed by atoms with Gasteiger partial charge in [0.15, 0.2) is 5.16 Å². The van der Waals surface area contributed by atoms with Crippen LogP contribution in [-0.2, 0) is 11.3 Å². The van der Waals surface area contributed by atoms with Gasteiger partial charge in [-0.15, -0.1) is 5.10 Å². The average Bonchev–Trinajstić information content (AvgIpc) is 2.72. The lowest BCUT2D eigenvalue weighted by Gasteiger charge is -2.20. The predicted molar refractivity (Wildman–Crippen MR) is 78.2 cm³/mol. The molecule has 7 nitrogen and oxygen atoms in total. The lowest BCUT2D eigenvalue weighted by Crippen LogP contribution is -2.27. The van der Waals surface area contributed by atoms with Crippen molar-refractivity contribution in [3.63, 3.8) is 0 Å². The van der Waals surface area contributed by atoms with E-state index in [9.17, 15) is 9.59 Å². The first kappa shape index (κ1) is 16.8. The maximum atomic E-state index is 11.6. The number of rotatable bonds is 9. The van der Waals surface area contributed by atoms with Gasteiger partial charge in [0, 0.05) is 12.6 Å². The zero-order valence-corrected chi connectivity index (χ0v) is 12.9. The molecule has 0 spiro atoms. The van der Waals surface area contributed by atoms with Crippen molar-refractivity contribution in [2.75, 3.05) is 19.3 Å². The smallest absolute Gasteiger partial charge is 0.343 e. The number of unbranched alkanes of at least 4 members (excludes halogenated alkanes) is 1. The number of hydrogen-bond acceptors (Lipinski definition) is 5. The summed E-state index contributed by atoms with van der Waals surface area (Å²) in [5.74, 6) is -1.02. The van der Waals surface area contributed by atoms with Crippen molar-refractivity contribution in [1.29, 1.82) is 0 Å². The van der Waals surface area contributed by atoms with Crippen LogP contribution in [0.2, 0.25) is 0 Å². The van der Waals surface area contributed by atoms with Crippen molar-refractivity contribution in [2.24, 2.45) is 0 Å². The van der Waals surface area contributed by atoms with E-state index in [4.69, 9.17) is 5.11 Å². The molecule has 0 aliphatic rings. The summed E-state index contributed by atoms with van der Waals surface area (Å²) < 4.78 is 1.50. The molecule has 0 unspecified atom stereocenters. The Morgan fingerprint density at radius 3 is 2.80 bits per heavy atom. The number of nitrogens with one attached hydrogen (secondary N) is 1. The summed E-state index contributed by atoms with van der Waals surface area (Å²) in [5.41, 5.74) is -0.282. The minimum absolute atomic E-state index is 0.0968. The highest BCUT2D eigenvalue weighted by Gasteiger charge is 2.10. The Morgan fingerprint density at radius 1 is 1.50 bits per heavy atom. The molecule has 0 saturated heterocycles. The fourth-order valence-corrected chi connectivity index (χ4v) is 2.32. The fourth-order valence-electron chi connectivity index (χ4n) is 1.63. The number of H-pyrrole nitrogens is 1. The van der Waals surface area contributed by atoms with Crippen LogP contribution in [0.25, 0.3) is 0 Å². The van der Waals surface area contributed by atoms with Crippen molar-refractivity contribution in [3.05, 3.63) is 10.5 Å². The van der Waals surface area contributed by atoms with Crippen LogP contribution in [0, 0.1) is 0 Å². The van der Waals surface area contributed by atoms with Crippen LogP contribution < -0.4 is 5.69 Å². The largest absolute Gasteiger partial charge is 0.481 e. The molecule has 0 amide bonds. The van der Waals surface area contributed by atoms with Crippen LogP contribution in [0.15, 0.2) is 9.95 Å². The Kier molecular flexibility index (Phi) is 6.80. The van der Waals surface area contributed by atoms with Gasteiger partial charge in [0.1, 0.15) is 0 Å². The predicted octanol–water partition coefficient (Wildman–Crippen LogP) is 0.869. The van der Waals surface area contributed by atoms with E-state index in [0.717, 1.165) is 31.1 Å². The van der Waals surface area contributed by atoms with E-state index in [1.54, 1.807) is 0 Å². The molecule has 0 aromatic carbocycles. The van der Waals surface area contributed by atoms with E-state index in [-0.39, 0.29) is 11.4 Å². The normalized spacial score (nSPS) is 11.4.